The average molecular weight is 229 g/mol. The molecule has 0 aliphatic carbocycles. The van der Waals surface area contributed by atoms with Gasteiger partial charge in [0, 0.05) is 31.6 Å². The highest BCUT2D eigenvalue weighted by Gasteiger charge is 2.08. The Morgan fingerprint density at radius 2 is 2.13 bits per heavy atom. The van der Waals surface area contributed by atoms with Crippen LogP contribution >= 0.6 is 11.5 Å². The van der Waals surface area contributed by atoms with E-state index in [9.17, 15) is 0 Å². The van der Waals surface area contributed by atoms with Crippen molar-refractivity contribution in [2.75, 3.05) is 19.0 Å². The van der Waals surface area contributed by atoms with Crippen molar-refractivity contribution in [3.05, 3.63) is 5.82 Å². The number of rotatable bonds is 6. The SMILES string of the molecule is COC(C)Cc1nsc(NCC(C)C)n1. The summed E-state index contributed by atoms with van der Waals surface area (Å²) in [7, 11) is 1.70. The highest BCUT2D eigenvalue weighted by atomic mass is 32.1. The number of methoxy groups -OCH3 is 1. The summed E-state index contributed by atoms with van der Waals surface area (Å²) in [6.45, 7) is 7.29. The van der Waals surface area contributed by atoms with E-state index in [1.165, 1.54) is 11.5 Å². The molecule has 0 saturated carbocycles. The zero-order valence-electron chi connectivity index (χ0n) is 9.78. The molecular formula is C10H19N3OS. The molecule has 0 bridgehead atoms. The topological polar surface area (TPSA) is 47.0 Å². The number of anilines is 1. The fraction of sp³-hybridized carbons (Fsp3) is 0.800. The lowest BCUT2D eigenvalue weighted by Crippen LogP contribution is -2.10. The molecule has 1 aromatic rings. The Kier molecular flexibility index (Phi) is 4.98. The minimum atomic E-state index is 0.178. The maximum atomic E-state index is 5.17. The van der Waals surface area contributed by atoms with Crippen molar-refractivity contribution >= 4 is 16.7 Å². The molecule has 5 heteroatoms. The van der Waals surface area contributed by atoms with Gasteiger partial charge in [-0.3, -0.25) is 0 Å². The minimum absolute atomic E-state index is 0.178. The monoisotopic (exact) mass is 229 g/mol. The molecule has 1 rings (SSSR count). The van der Waals surface area contributed by atoms with Crippen molar-refractivity contribution < 1.29 is 4.74 Å². The Morgan fingerprint density at radius 3 is 2.73 bits per heavy atom. The molecule has 1 N–H and O–H groups in total. The van der Waals surface area contributed by atoms with Crippen LogP contribution in [0.15, 0.2) is 0 Å². The second-order valence-electron chi connectivity index (χ2n) is 4.04. The van der Waals surface area contributed by atoms with Gasteiger partial charge in [-0.25, -0.2) is 4.98 Å². The Morgan fingerprint density at radius 1 is 1.40 bits per heavy atom. The molecule has 1 aromatic heterocycles. The van der Waals surface area contributed by atoms with Gasteiger partial charge in [-0.15, -0.1) is 0 Å². The fourth-order valence-corrected chi connectivity index (χ4v) is 1.64. The van der Waals surface area contributed by atoms with Crippen molar-refractivity contribution in [2.45, 2.75) is 33.3 Å². The summed E-state index contributed by atoms with van der Waals surface area (Å²) >= 11 is 1.42. The van der Waals surface area contributed by atoms with Crippen molar-refractivity contribution in [3.8, 4) is 0 Å². The molecule has 0 aromatic carbocycles. The first-order valence-corrected chi connectivity index (χ1v) is 5.98. The molecule has 1 unspecified atom stereocenters. The average Bonchev–Trinajstić information content (AvgIpc) is 2.62. The first kappa shape index (κ1) is 12.4. The van der Waals surface area contributed by atoms with Crippen LogP contribution in [0, 0.1) is 5.92 Å². The fourth-order valence-electron chi connectivity index (χ4n) is 1.04. The lowest BCUT2D eigenvalue weighted by Gasteiger charge is -2.05. The van der Waals surface area contributed by atoms with E-state index >= 15 is 0 Å². The maximum absolute atomic E-state index is 5.17. The number of hydrogen-bond acceptors (Lipinski definition) is 5. The largest absolute Gasteiger partial charge is 0.381 e. The summed E-state index contributed by atoms with van der Waals surface area (Å²) in [5.41, 5.74) is 0. The van der Waals surface area contributed by atoms with E-state index in [1.54, 1.807) is 7.11 Å². The van der Waals surface area contributed by atoms with E-state index in [4.69, 9.17) is 4.74 Å². The van der Waals surface area contributed by atoms with Crippen LogP contribution < -0.4 is 5.32 Å². The van der Waals surface area contributed by atoms with E-state index in [0.717, 1.165) is 23.9 Å². The summed E-state index contributed by atoms with van der Waals surface area (Å²) in [5.74, 6) is 1.48. The van der Waals surface area contributed by atoms with Gasteiger partial charge in [-0.1, -0.05) is 13.8 Å². The van der Waals surface area contributed by atoms with Gasteiger partial charge in [0.2, 0.25) is 5.13 Å². The molecule has 0 fully saturated rings. The summed E-state index contributed by atoms with van der Waals surface area (Å²) < 4.78 is 9.44. The predicted molar refractivity (Wildman–Crippen MR) is 63.4 cm³/mol. The number of hydrogen-bond donors (Lipinski definition) is 1. The number of aromatic nitrogens is 2. The van der Waals surface area contributed by atoms with Crippen LogP contribution in [0.5, 0.6) is 0 Å². The van der Waals surface area contributed by atoms with E-state index < -0.39 is 0 Å². The quantitative estimate of drug-likeness (QED) is 0.812. The van der Waals surface area contributed by atoms with Gasteiger partial charge < -0.3 is 10.1 Å². The molecule has 4 nitrogen and oxygen atoms in total. The lowest BCUT2D eigenvalue weighted by molar-refractivity contribution is 0.117. The minimum Gasteiger partial charge on any atom is -0.381 e. The highest BCUT2D eigenvalue weighted by molar-refractivity contribution is 7.09. The molecule has 0 aliphatic rings. The Bertz CT molecular complexity index is 288. The number of nitrogens with zero attached hydrogens (tertiary/aromatic N) is 2. The van der Waals surface area contributed by atoms with Crippen LogP contribution in [0.4, 0.5) is 5.13 Å². The third-order valence-corrected chi connectivity index (χ3v) is 2.71. The number of ether oxygens (including phenoxy) is 1. The predicted octanol–water partition coefficient (Wildman–Crippen LogP) is 2.18. The van der Waals surface area contributed by atoms with E-state index in [-0.39, 0.29) is 6.10 Å². The Hall–Kier alpha value is -0.680. The summed E-state index contributed by atoms with van der Waals surface area (Å²) in [5, 5.41) is 4.16. The van der Waals surface area contributed by atoms with Gasteiger partial charge in [0.25, 0.3) is 0 Å². The molecule has 15 heavy (non-hydrogen) atoms. The van der Waals surface area contributed by atoms with Gasteiger partial charge in [0.05, 0.1) is 6.10 Å². The summed E-state index contributed by atoms with van der Waals surface area (Å²) in [4.78, 5) is 4.39. The lowest BCUT2D eigenvalue weighted by atomic mass is 10.2. The zero-order chi connectivity index (χ0) is 11.3. The van der Waals surface area contributed by atoms with Crippen molar-refractivity contribution in [2.24, 2.45) is 5.92 Å². The first-order valence-electron chi connectivity index (χ1n) is 5.21. The summed E-state index contributed by atoms with van der Waals surface area (Å²) in [6.07, 6.45) is 0.952. The zero-order valence-corrected chi connectivity index (χ0v) is 10.6. The third kappa shape index (κ3) is 4.57. The molecule has 1 atom stereocenters. The van der Waals surface area contributed by atoms with Crippen molar-refractivity contribution in [1.29, 1.82) is 0 Å². The van der Waals surface area contributed by atoms with Gasteiger partial charge in [0.1, 0.15) is 5.82 Å². The standard InChI is InChI=1S/C10H19N3OS/c1-7(2)6-11-10-12-9(13-15-10)5-8(3)14-4/h7-8H,5-6H2,1-4H3,(H,11,12,13). The highest BCUT2D eigenvalue weighted by Crippen LogP contribution is 2.13. The van der Waals surface area contributed by atoms with Crippen LogP contribution in [0.3, 0.4) is 0 Å². The first-order chi connectivity index (χ1) is 7.11. The van der Waals surface area contributed by atoms with Crippen LogP contribution in [0.25, 0.3) is 0 Å². The molecule has 86 valence electrons. The van der Waals surface area contributed by atoms with Gasteiger partial charge in [0.15, 0.2) is 0 Å². The summed E-state index contributed by atoms with van der Waals surface area (Å²) in [6, 6.07) is 0. The molecule has 1 heterocycles. The smallest absolute Gasteiger partial charge is 0.202 e. The van der Waals surface area contributed by atoms with Crippen LogP contribution in [-0.2, 0) is 11.2 Å². The molecule has 0 radical (unpaired) electrons. The van der Waals surface area contributed by atoms with Crippen molar-refractivity contribution in [3.63, 3.8) is 0 Å². The van der Waals surface area contributed by atoms with E-state index in [0.29, 0.717) is 5.92 Å². The Balaban J connectivity index is 2.42. The molecule has 0 aliphatic heterocycles. The van der Waals surface area contributed by atoms with Gasteiger partial charge in [-0.05, 0) is 12.8 Å². The third-order valence-electron chi connectivity index (χ3n) is 2.00. The number of nitrogens with one attached hydrogen (secondary N) is 1. The van der Waals surface area contributed by atoms with Crippen molar-refractivity contribution in [1.82, 2.24) is 9.36 Å². The molecule has 0 saturated heterocycles. The maximum Gasteiger partial charge on any atom is 0.202 e. The van der Waals surface area contributed by atoms with Crippen LogP contribution in [0.2, 0.25) is 0 Å². The van der Waals surface area contributed by atoms with E-state index in [1.807, 2.05) is 6.92 Å². The molecule has 0 amide bonds. The second kappa shape index (κ2) is 6.02. The van der Waals surface area contributed by atoms with Gasteiger partial charge in [-0.2, -0.15) is 4.37 Å². The Labute approximate surface area is 95.2 Å². The normalized spacial score (nSPS) is 13.1. The molecule has 0 spiro atoms. The van der Waals surface area contributed by atoms with Crippen LogP contribution in [-0.4, -0.2) is 29.1 Å². The molecular weight excluding hydrogens is 210 g/mol. The van der Waals surface area contributed by atoms with Gasteiger partial charge >= 0.3 is 0 Å². The van der Waals surface area contributed by atoms with Crippen LogP contribution in [0.1, 0.15) is 26.6 Å². The second-order valence-corrected chi connectivity index (χ2v) is 4.79. The van der Waals surface area contributed by atoms with E-state index in [2.05, 4.69) is 28.5 Å².